The maximum Gasteiger partial charge on any atom is 0.183 e. The van der Waals surface area contributed by atoms with Crippen LogP contribution in [-0.2, 0) is 0 Å². The molecule has 0 radical (unpaired) electrons. The van der Waals surface area contributed by atoms with E-state index >= 15 is 0 Å². The van der Waals surface area contributed by atoms with Crippen LogP contribution < -0.4 is 14.9 Å². The molecule has 2 aromatic rings. The number of furan rings is 1. The first-order chi connectivity index (χ1) is 12.7. The molecule has 1 spiro atoms. The highest BCUT2D eigenvalue weighted by molar-refractivity contribution is 5.65. The van der Waals surface area contributed by atoms with Gasteiger partial charge in [-0.05, 0) is 31.3 Å². The van der Waals surface area contributed by atoms with Gasteiger partial charge in [-0.1, -0.05) is 12.1 Å². The van der Waals surface area contributed by atoms with E-state index in [1.807, 2.05) is 24.3 Å². The summed E-state index contributed by atoms with van der Waals surface area (Å²) in [7, 11) is 3.86. The molecule has 1 N–H and O–H groups in total. The van der Waals surface area contributed by atoms with Crippen LogP contribution in [0.1, 0.15) is 30.2 Å². The van der Waals surface area contributed by atoms with Crippen LogP contribution in [0.3, 0.4) is 0 Å². The third-order valence-corrected chi connectivity index (χ3v) is 5.68. The number of piperidine rings is 1. The van der Waals surface area contributed by atoms with Gasteiger partial charge in [0.15, 0.2) is 23.0 Å². The van der Waals surface area contributed by atoms with Gasteiger partial charge in [-0.15, -0.1) is 0 Å². The minimum Gasteiger partial charge on any atom is -0.493 e. The Morgan fingerprint density at radius 2 is 2.04 bits per heavy atom. The second-order valence-electron chi connectivity index (χ2n) is 7.21. The fraction of sp³-hybridized carbons (Fsp3) is 0.400. The van der Waals surface area contributed by atoms with Crippen LogP contribution >= 0.6 is 0 Å². The Balaban J connectivity index is 1.62. The number of benzene rings is 1. The van der Waals surface area contributed by atoms with Crippen molar-refractivity contribution in [1.82, 2.24) is 15.3 Å². The number of hydrazine groups is 1. The number of para-hydroxylation sites is 1. The Bertz CT molecular complexity index is 838. The molecule has 6 nitrogen and oxygen atoms in total. The second kappa shape index (κ2) is 5.79. The Morgan fingerprint density at radius 3 is 2.77 bits per heavy atom. The Labute approximate surface area is 152 Å². The minimum absolute atomic E-state index is 0.0809. The number of rotatable bonds is 2. The SMILES string of the molecule is COc1cccc2c1OC1(CCN(C)CC1)N1NC(c3ccco3)=CC21. The molecule has 0 aliphatic carbocycles. The van der Waals surface area contributed by atoms with Crippen LogP contribution in [0.15, 0.2) is 47.1 Å². The first-order valence-corrected chi connectivity index (χ1v) is 9.06. The first-order valence-electron chi connectivity index (χ1n) is 9.06. The lowest BCUT2D eigenvalue weighted by Gasteiger charge is -2.51. The standard InChI is InChI=1S/C20H23N3O3/c1-22-10-8-20(9-11-22)23-16(13-15(21-23)17-7-4-12-25-17)14-5-3-6-18(24-2)19(14)26-20/h3-7,12-13,16,21H,8-11H2,1-2H3. The van der Waals surface area contributed by atoms with Gasteiger partial charge in [-0.3, -0.25) is 0 Å². The summed E-state index contributed by atoms with van der Waals surface area (Å²) < 4.78 is 17.9. The van der Waals surface area contributed by atoms with Gasteiger partial charge in [0, 0.05) is 31.5 Å². The predicted molar refractivity (Wildman–Crippen MR) is 97.5 cm³/mol. The molecule has 0 amide bonds. The van der Waals surface area contributed by atoms with Crippen molar-refractivity contribution in [2.75, 3.05) is 27.2 Å². The predicted octanol–water partition coefficient (Wildman–Crippen LogP) is 3.00. The average Bonchev–Trinajstić information content (AvgIpc) is 3.34. The zero-order valence-corrected chi connectivity index (χ0v) is 15.1. The van der Waals surface area contributed by atoms with E-state index in [4.69, 9.17) is 13.9 Å². The highest BCUT2D eigenvalue weighted by Crippen LogP contribution is 2.51. The van der Waals surface area contributed by atoms with E-state index in [-0.39, 0.29) is 6.04 Å². The normalized spacial score (nSPS) is 24.4. The van der Waals surface area contributed by atoms with Crippen LogP contribution in [0.25, 0.3) is 5.70 Å². The number of hydrogen-bond acceptors (Lipinski definition) is 6. The molecule has 3 aliphatic rings. The van der Waals surface area contributed by atoms with E-state index in [0.29, 0.717) is 0 Å². The molecule has 1 atom stereocenters. The van der Waals surface area contributed by atoms with Crippen molar-refractivity contribution in [3.8, 4) is 11.5 Å². The summed E-state index contributed by atoms with van der Waals surface area (Å²) in [5.41, 5.74) is 5.26. The smallest absolute Gasteiger partial charge is 0.183 e. The molecule has 5 rings (SSSR count). The number of hydrogen-bond donors (Lipinski definition) is 1. The number of fused-ring (bicyclic) bond motifs is 4. The molecule has 1 fully saturated rings. The monoisotopic (exact) mass is 353 g/mol. The molecule has 1 saturated heterocycles. The molecular weight excluding hydrogens is 330 g/mol. The Hall–Kier alpha value is -2.44. The lowest BCUT2D eigenvalue weighted by Crippen LogP contribution is -2.63. The number of methoxy groups -OCH3 is 1. The van der Waals surface area contributed by atoms with Crippen molar-refractivity contribution in [2.24, 2.45) is 0 Å². The number of likely N-dealkylation sites (tertiary alicyclic amines) is 1. The lowest BCUT2D eigenvalue weighted by atomic mass is 9.93. The highest BCUT2D eigenvalue weighted by atomic mass is 16.5. The van der Waals surface area contributed by atoms with Crippen LogP contribution in [0.4, 0.5) is 0 Å². The average molecular weight is 353 g/mol. The molecular formula is C20H23N3O3. The molecule has 4 heterocycles. The third kappa shape index (κ3) is 2.26. The highest BCUT2D eigenvalue weighted by Gasteiger charge is 2.52. The van der Waals surface area contributed by atoms with Crippen molar-refractivity contribution in [1.29, 1.82) is 0 Å². The molecule has 6 heteroatoms. The van der Waals surface area contributed by atoms with E-state index in [1.54, 1.807) is 13.4 Å². The molecule has 0 saturated carbocycles. The summed E-state index contributed by atoms with van der Waals surface area (Å²) >= 11 is 0. The van der Waals surface area contributed by atoms with Gasteiger partial charge in [-0.2, -0.15) is 5.01 Å². The molecule has 136 valence electrons. The maximum atomic E-state index is 6.66. The second-order valence-corrected chi connectivity index (χ2v) is 7.21. The summed E-state index contributed by atoms with van der Waals surface area (Å²) in [6, 6.07) is 10.1. The zero-order chi connectivity index (χ0) is 17.7. The van der Waals surface area contributed by atoms with Gasteiger partial charge in [-0.25, -0.2) is 0 Å². The summed E-state index contributed by atoms with van der Waals surface area (Å²) in [5, 5.41) is 2.26. The van der Waals surface area contributed by atoms with Crippen molar-refractivity contribution in [3.05, 3.63) is 54.0 Å². The van der Waals surface area contributed by atoms with Gasteiger partial charge in [0.2, 0.25) is 0 Å². The number of nitrogens with one attached hydrogen (secondary N) is 1. The fourth-order valence-electron chi connectivity index (χ4n) is 4.21. The van der Waals surface area contributed by atoms with E-state index in [0.717, 1.165) is 54.5 Å². The fourth-order valence-corrected chi connectivity index (χ4v) is 4.21. The Kier molecular flexibility index (Phi) is 3.52. The maximum absolute atomic E-state index is 6.66. The molecule has 0 bridgehead atoms. The van der Waals surface area contributed by atoms with Crippen LogP contribution in [-0.4, -0.2) is 42.9 Å². The van der Waals surface area contributed by atoms with Gasteiger partial charge in [0.1, 0.15) is 0 Å². The quantitative estimate of drug-likeness (QED) is 0.896. The van der Waals surface area contributed by atoms with Crippen LogP contribution in [0.5, 0.6) is 11.5 Å². The van der Waals surface area contributed by atoms with Gasteiger partial charge in [0.05, 0.1) is 25.1 Å². The summed E-state index contributed by atoms with van der Waals surface area (Å²) in [6.45, 7) is 1.98. The van der Waals surface area contributed by atoms with E-state index in [9.17, 15) is 0 Å². The number of ether oxygens (including phenoxy) is 2. The van der Waals surface area contributed by atoms with Crippen molar-refractivity contribution in [2.45, 2.75) is 24.6 Å². The lowest BCUT2D eigenvalue weighted by molar-refractivity contribution is -0.158. The largest absolute Gasteiger partial charge is 0.493 e. The third-order valence-electron chi connectivity index (χ3n) is 5.68. The summed E-state index contributed by atoms with van der Waals surface area (Å²) in [5.74, 6) is 2.49. The van der Waals surface area contributed by atoms with Gasteiger partial charge in [0.25, 0.3) is 0 Å². The van der Waals surface area contributed by atoms with Crippen molar-refractivity contribution < 1.29 is 13.9 Å². The summed E-state index contributed by atoms with van der Waals surface area (Å²) in [4.78, 5) is 2.35. The van der Waals surface area contributed by atoms with Crippen LogP contribution in [0.2, 0.25) is 0 Å². The molecule has 3 aliphatic heterocycles. The van der Waals surface area contributed by atoms with Gasteiger partial charge < -0.3 is 24.2 Å². The van der Waals surface area contributed by atoms with Gasteiger partial charge >= 0.3 is 0 Å². The zero-order valence-electron chi connectivity index (χ0n) is 15.1. The first kappa shape index (κ1) is 15.8. The van der Waals surface area contributed by atoms with Crippen molar-refractivity contribution >= 4 is 5.70 Å². The van der Waals surface area contributed by atoms with Crippen LogP contribution in [0, 0.1) is 0 Å². The molecule has 1 unspecified atom stereocenters. The van der Waals surface area contributed by atoms with E-state index in [2.05, 4.69) is 34.5 Å². The minimum atomic E-state index is -0.399. The molecule has 26 heavy (non-hydrogen) atoms. The topological polar surface area (TPSA) is 50.1 Å². The van der Waals surface area contributed by atoms with E-state index < -0.39 is 5.72 Å². The summed E-state index contributed by atoms with van der Waals surface area (Å²) in [6.07, 6.45) is 5.77. The Morgan fingerprint density at radius 1 is 1.19 bits per heavy atom. The number of nitrogens with zero attached hydrogens (tertiary/aromatic N) is 2. The van der Waals surface area contributed by atoms with Crippen molar-refractivity contribution in [3.63, 3.8) is 0 Å². The molecule has 1 aromatic heterocycles. The van der Waals surface area contributed by atoms with E-state index in [1.165, 1.54) is 0 Å². The molecule has 1 aromatic carbocycles.